The van der Waals surface area contributed by atoms with Crippen molar-refractivity contribution in [3.63, 3.8) is 0 Å². The van der Waals surface area contributed by atoms with Crippen molar-refractivity contribution in [1.82, 2.24) is 0 Å². The van der Waals surface area contributed by atoms with Crippen LogP contribution in [0.15, 0.2) is 18.2 Å². The van der Waals surface area contributed by atoms with Crippen LogP contribution in [-0.4, -0.2) is 23.7 Å². The largest absolute Gasteiger partial charge is 0.478 e. The molecule has 21 heavy (non-hydrogen) atoms. The number of benzene rings is 1. The number of carboxylic acids is 1. The van der Waals surface area contributed by atoms with Gasteiger partial charge in [-0.3, -0.25) is 0 Å². The van der Waals surface area contributed by atoms with E-state index in [1.54, 1.807) is 0 Å². The lowest BCUT2D eigenvalue weighted by molar-refractivity contribution is -0.137. The first-order valence-electron chi connectivity index (χ1n) is 7.05. The summed E-state index contributed by atoms with van der Waals surface area (Å²) in [5.74, 6) is -1.33. The fourth-order valence-corrected chi connectivity index (χ4v) is 2.98. The zero-order valence-corrected chi connectivity index (χ0v) is 11.8. The standard InChI is InChI=1S/C15H18F3NO2/c1-2-19(11-5-3-4-6-11)13-8-7-10(15(16,17)18)9-12(13)14(20)21/h7-9,11H,2-6H2,1H3,(H,20,21). The quantitative estimate of drug-likeness (QED) is 0.907. The maximum absolute atomic E-state index is 12.7. The fourth-order valence-electron chi connectivity index (χ4n) is 2.98. The smallest absolute Gasteiger partial charge is 0.416 e. The molecule has 0 spiro atoms. The molecule has 6 heteroatoms. The summed E-state index contributed by atoms with van der Waals surface area (Å²) in [7, 11) is 0. The van der Waals surface area contributed by atoms with Crippen LogP contribution in [0, 0.1) is 0 Å². The SMILES string of the molecule is CCN(c1ccc(C(F)(F)F)cc1C(=O)O)C1CCCC1. The molecular formula is C15H18F3NO2. The van der Waals surface area contributed by atoms with Crippen LogP contribution in [0.1, 0.15) is 48.5 Å². The van der Waals surface area contributed by atoms with E-state index in [4.69, 9.17) is 0 Å². The average Bonchev–Trinajstić information content (AvgIpc) is 2.92. The number of nitrogens with zero attached hydrogens (tertiary/aromatic N) is 1. The molecule has 3 nitrogen and oxygen atoms in total. The van der Waals surface area contributed by atoms with Crippen molar-refractivity contribution >= 4 is 11.7 Å². The number of aromatic carboxylic acids is 1. The van der Waals surface area contributed by atoms with Crippen LogP contribution in [0.2, 0.25) is 0 Å². The Hall–Kier alpha value is -1.72. The summed E-state index contributed by atoms with van der Waals surface area (Å²) in [6, 6.07) is 3.19. The number of hydrogen-bond acceptors (Lipinski definition) is 2. The Bertz CT molecular complexity index is 522. The van der Waals surface area contributed by atoms with Crippen LogP contribution in [0.3, 0.4) is 0 Å². The predicted octanol–water partition coefficient (Wildman–Crippen LogP) is 4.17. The van der Waals surface area contributed by atoms with Gasteiger partial charge in [-0.1, -0.05) is 12.8 Å². The van der Waals surface area contributed by atoms with Gasteiger partial charge in [-0.2, -0.15) is 13.2 Å². The van der Waals surface area contributed by atoms with Gasteiger partial charge in [-0.15, -0.1) is 0 Å². The second-order valence-corrected chi connectivity index (χ2v) is 5.26. The van der Waals surface area contributed by atoms with Crippen molar-refractivity contribution < 1.29 is 23.1 Å². The van der Waals surface area contributed by atoms with Gasteiger partial charge in [0.15, 0.2) is 0 Å². The minimum absolute atomic E-state index is 0.213. The van der Waals surface area contributed by atoms with Gasteiger partial charge in [0, 0.05) is 12.6 Å². The zero-order valence-electron chi connectivity index (χ0n) is 11.8. The summed E-state index contributed by atoms with van der Waals surface area (Å²) >= 11 is 0. The van der Waals surface area contributed by atoms with Crippen molar-refractivity contribution in [1.29, 1.82) is 0 Å². The highest BCUT2D eigenvalue weighted by Crippen LogP contribution is 2.35. The molecule has 0 amide bonds. The normalized spacial score (nSPS) is 16.2. The predicted molar refractivity (Wildman–Crippen MR) is 73.7 cm³/mol. The van der Waals surface area contributed by atoms with Crippen LogP contribution in [0.5, 0.6) is 0 Å². The van der Waals surface area contributed by atoms with Crippen LogP contribution >= 0.6 is 0 Å². The highest BCUT2D eigenvalue weighted by atomic mass is 19.4. The molecule has 0 unspecified atom stereocenters. The first-order valence-corrected chi connectivity index (χ1v) is 7.05. The summed E-state index contributed by atoms with van der Waals surface area (Å²) in [6.07, 6.45) is -0.483. The van der Waals surface area contributed by atoms with E-state index in [9.17, 15) is 23.1 Å². The summed E-state index contributed by atoms with van der Waals surface area (Å²) < 4.78 is 38.2. The topological polar surface area (TPSA) is 40.5 Å². The number of anilines is 1. The molecule has 0 radical (unpaired) electrons. The van der Waals surface area contributed by atoms with Crippen molar-refractivity contribution in [2.45, 2.75) is 44.8 Å². The monoisotopic (exact) mass is 301 g/mol. The zero-order chi connectivity index (χ0) is 15.6. The molecule has 1 N–H and O–H groups in total. The van der Waals surface area contributed by atoms with Crippen LogP contribution in [-0.2, 0) is 6.18 Å². The number of carbonyl (C=O) groups is 1. The third-order valence-electron chi connectivity index (χ3n) is 3.97. The van der Waals surface area contributed by atoms with Gasteiger partial charge in [0.25, 0.3) is 0 Å². The molecule has 1 aliphatic carbocycles. The molecule has 0 saturated heterocycles. The Morgan fingerprint density at radius 3 is 2.43 bits per heavy atom. The average molecular weight is 301 g/mol. The van der Waals surface area contributed by atoms with E-state index in [-0.39, 0.29) is 11.6 Å². The van der Waals surface area contributed by atoms with E-state index in [2.05, 4.69) is 0 Å². The lowest BCUT2D eigenvalue weighted by Gasteiger charge is -2.31. The summed E-state index contributed by atoms with van der Waals surface area (Å²) in [6.45, 7) is 2.47. The molecular weight excluding hydrogens is 283 g/mol. The van der Waals surface area contributed by atoms with Gasteiger partial charge < -0.3 is 10.0 Å². The minimum atomic E-state index is -4.53. The number of halogens is 3. The van der Waals surface area contributed by atoms with Crippen LogP contribution < -0.4 is 4.90 Å². The van der Waals surface area contributed by atoms with E-state index in [1.807, 2.05) is 11.8 Å². The molecule has 1 fully saturated rings. The molecule has 1 saturated carbocycles. The molecule has 1 aromatic carbocycles. The molecule has 0 aromatic heterocycles. The first kappa shape index (κ1) is 15.7. The summed E-state index contributed by atoms with van der Waals surface area (Å²) in [5.41, 5.74) is -0.824. The van der Waals surface area contributed by atoms with Crippen molar-refractivity contribution in [3.8, 4) is 0 Å². The van der Waals surface area contributed by atoms with Gasteiger partial charge in [-0.25, -0.2) is 4.79 Å². The number of rotatable bonds is 4. The Morgan fingerprint density at radius 2 is 1.95 bits per heavy atom. The Morgan fingerprint density at radius 1 is 1.33 bits per heavy atom. The Balaban J connectivity index is 2.44. The lowest BCUT2D eigenvalue weighted by Crippen LogP contribution is -2.34. The molecule has 1 aliphatic rings. The second kappa shape index (κ2) is 5.95. The first-order chi connectivity index (χ1) is 9.84. The number of carboxylic acid groups (broad SMARTS) is 1. The third-order valence-corrected chi connectivity index (χ3v) is 3.97. The molecule has 0 aliphatic heterocycles. The minimum Gasteiger partial charge on any atom is -0.478 e. The highest BCUT2D eigenvalue weighted by Gasteiger charge is 2.33. The Labute approximate surface area is 121 Å². The molecule has 2 rings (SSSR count). The van der Waals surface area contributed by atoms with Gasteiger partial charge in [0.1, 0.15) is 0 Å². The van der Waals surface area contributed by atoms with Crippen molar-refractivity contribution in [2.75, 3.05) is 11.4 Å². The van der Waals surface area contributed by atoms with Gasteiger partial charge >= 0.3 is 12.1 Å². The van der Waals surface area contributed by atoms with Crippen LogP contribution in [0.4, 0.5) is 18.9 Å². The molecule has 0 bridgehead atoms. The van der Waals surface area contributed by atoms with Gasteiger partial charge in [0.2, 0.25) is 0 Å². The molecule has 116 valence electrons. The van der Waals surface area contributed by atoms with Crippen molar-refractivity contribution in [3.05, 3.63) is 29.3 Å². The van der Waals surface area contributed by atoms with Crippen molar-refractivity contribution in [2.24, 2.45) is 0 Å². The van der Waals surface area contributed by atoms with Gasteiger partial charge in [0.05, 0.1) is 16.8 Å². The van der Waals surface area contributed by atoms with E-state index in [1.165, 1.54) is 6.07 Å². The van der Waals surface area contributed by atoms with E-state index in [0.717, 1.165) is 37.8 Å². The number of alkyl halides is 3. The number of hydrogen-bond donors (Lipinski definition) is 1. The van der Waals surface area contributed by atoms with Gasteiger partial charge in [-0.05, 0) is 38.0 Å². The highest BCUT2D eigenvalue weighted by molar-refractivity contribution is 5.94. The molecule has 1 aromatic rings. The van der Waals surface area contributed by atoms with E-state index < -0.39 is 17.7 Å². The van der Waals surface area contributed by atoms with E-state index in [0.29, 0.717) is 12.2 Å². The van der Waals surface area contributed by atoms with Crippen LogP contribution in [0.25, 0.3) is 0 Å². The summed E-state index contributed by atoms with van der Waals surface area (Å²) in [5, 5.41) is 9.25. The van der Waals surface area contributed by atoms with E-state index >= 15 is 0 Å². The second-order valence-electron chi connectivity index (χ2n) is 5.26. The fraction of sp³-hybridized carbons (Fsp3) is 0.533. The maximum Gasteiger partial charge on any atom is 0.416 e. The summed E-state index contributed by atoms with van der Waals surface area (Å²) in [4.78, 5) is 13.3. The maximum atomic E-state index is 12.7. The lowest BCUT2D eigenvalue weighted by atomic mass is 10.0. The third kappa shape index (κ3) is 3.31. The molecule has 0 atom stereocenters. The Kier molecular flexibility index (Phi) is 4.44. The molecule has 0 heterocycles.